The summed E-state index contributed by atoms with van der Waals surface area (Å²) < 4.78 is 2.54. The van der Waals surface area contributed by atoms with Gasteiger partial charge in [0, 0.05) is 32.2 Å². The Kier molecular flexibility index (Phi) is 4.92. The molecule has 2 aromatic rings. The van der Waals surface area contributed by atoms with E-state index in [4.69, 9.17) is 0 Å². The molecule has 0 spiro atoms. The Balaban J connectivity index is 1.42. The Morgan fingerprint density at radius 1 is 1.16 bits per heavy atom. The summed E-state index contributed by atoms with van der Waals surface area (Å²) in [6.45, 7) is 2.06. The highest BCUT2D eigenvalue weighted by Crippen LogP contribution is 2.30. The largest absolute Gasteiger partial charge is 0.391 e. The average Bonchev–Trinajstić information content (AvgIpc) is 2.91. The lowest BCUT2D eigenvalue weighted by Crippen LogP contribution is -2.50. The van der Waals surface area contributed by atoms with Crippen LogP contribution in [-0.2, 0) is 7.05 Å². The number of nitrogens with zero attached hydrogens (tertiary/aromatic N) is 5. The molecule has 3 heterocycles. The highest BCUT2D eigenvalue weighted by molar-refractivity contribution is 9.10. The van der Waals surface area contributed by atoms with E-state index in [2.05, 4.69) is 41.2 Å². The second-order valence-corrected chi connectivity index (χ2v) is 7.96. The van der Waals surface area contributed by atoms with Gasteiger partial charge < -0.3 is 10.4 Å². The molecule has 1 saturated heterocycles. The molecule has 0 aromatic carbocycles. The number of anilines is 1. The lowest BCUT2D eigenvalue weighted by atomic mass is 9.89. The van der Waals surface area contributed by atoms with Gasteiger partial charge in [0.15, 0.2) is 5.65 Å². The molecule has 7 nitrogen and oxygen atoms in total. The van der Waals surface area contributed by atoms with Gasteiger partial charge in [0.1, 0.15) is 16.7 Å². The Morgan fingerprint density at radius 2 is 1.92 bits per heavy atom. The minimum Gasteiger partial charge on any atom is -0.391 e. The minimum absolute atomic E-state index is 0.147. The lowest BCUT2D eigenvalue weighted by molar-refractivity contribution is 0.00993. The van der Waals surface area contributed by atoms with Crippen molar-refractivity contribution in [1.82, 2.24) is 24.6 Å². The van der Waals surface area contributed by atoms with E-state index < -0.39 is 0 Å². The third-order valence-electron chi connectivity index (χ3n) is 5.61. The van der Waals surface area contributed by atoms with Crippen LogP contribution in [0, 0.1) is 0 Å². The highest BCUT2D eigenvalue weighted by Gasteiger charge is 2.31. The normalized spacial score (nSPS) is 26.2. The Morgan fingerprint density at radius 3 is 2.68 bits per heavy atom. The second-order valence-electron chi connectivity index (χ2n) is 7.21. The molecule has 1 aliphatic heterocycles. The van der Waals surface area contributed by atoms with E-state index in [0.717, 1.165) is 60.2 Å². The third-order valence-corrected chi connectivity index (χ3v) is 6.17. The van der Waals surface area contributed by atoms with Crippen LogP contribution >= 0.6 is 15.9 Å². The summed E-state index contributed by atoms with van der Waals surface area (Å²) in [4.78, 5) is 11.2. The van der Waals surface area contributed by atoms with Crippen LogP contribution in [0.25, 0.3) is 11.0 Å². The molecule has 136 valence electrons. The topological polar surface area (TPSA) is 79.1 Å². The molecule has 8 heteroatoms. The predicted octanol–water partition coefficient (Wildman–Crippen LogP) is 2.31. The van der Waals surface area contributed by atoms with E-state index in [0.29, 0.717) is 12.1 Å². The van der Waals surface area contributed by atoms with Gasteiger partial charge in [-0.05, 0) is 41.6 Å². The number of hydrogen-bond donors (Lipinski definition) is 2. The van der Waals surface area contributed by atoms with Crippen LogP contribution in [0.1, 0.15) is 38.5 Å². The molecule has 0 bridgehead atoms. The highest BCUT2D eigenvalue weighted by atomic mass is 79.9. The van der Waals surface area contributed by atoms with Crippen molar-refractivity contribution in [3.05, 3.63) is 10.9 Å². The van der Waals surface area contributed by atoms with Crippen molar-refractivity contribution in [3.63, 3.8) is 0 Å². The second kappa shape index (κ2) is 7.17. The number of rotatable bonds is 3. The zero-order valence-electron chi connectivity index (χ0n) is 14.5. The molecule has 0 radical (unpaired) electrons. The van der Waals surface area contributed by atoms with E-state index in [9.17, 15) is 5.11 Å². The summed E-state index contributed by atoms with van der Waals surface area (Å²) in [5, 5.41) is 19.2. The number of aryl methyl sites for hydroxylation is 1. The van der Waals surface area contributed by atoms with Gasteiger partial charge >= 0.3 is 0 Å². The van der Waals surface area contributed by atoms with E-state index in [1.54, 1.807) is 11.0 Å². The average molecular weight is 409 g/mol. The number of piperidine rings is 1. The van der Waals surface area contributed by atoms with Crippen molar-refractivity contribution < 1.29 is 5.11 Å². The first-order valence-electron chi connectivity index (χ1n) is 9.15. The number of aliphatic hydroxyl groups excluding tert-OH is 1. The fourth-order valence-corrected chi connectivity index (χ4v) is 4.84. The first kappa shape index (κ1) is 17.2. The van der Waals surface area contributed by atoms with Gasteiger partial charge in [0.25, 0.3) is 0 Å². The minimum atomic E-state index is -0.147. The van der Waals surface area contributed by atoms with Crippen molar-refractivity contribution in [2.75, 3.05) is 18.4 Å². The van der Waals surface area contributed by atoms with E-state index in [1.165, 1.54) is 12.8 Å². The van der Waals surface area contributed by atoms with Crippen LogP contribution in [0.4, 0.5) is 5.82 Å². The van der Waals surface area contributed by atoms with Crippen LogP contribution in [0.15, 0.2) is 10.9 Å². The fourth-order valence-electron chi connectivity index (χ4n) is 4.24. The summed E-state index contributed by atoms with van der Waals surface area (Å²) >= 11 is 3.51. The first-order chi connectivity index (χ1) is 12.1. The van der Waals surface area contributed by atoms with Gasteiger partial charge in [0.2, 0.25) is 0 Å². The molecule has 25 heavy (non-hydrogen) atoms. The standard InChI is InChI=1S/C17H25BrN6O/c1-23-17-14(15(18)22-23)16(19-10-20-17)21-11-6-8-24(9-7-11)12-4-2-3-5-13(12)25/h10-13,25H,2-9H2,1H3,(H,19,20,21). The molecule has 2 unspecified atom stereocenters. The SMILES string of the molecule is Cn1nc(Br)c2c(NC3CCN(C4CCCCC4O)CC3)ncnc21. The maximum Gasteiger partial charge on any atom is 0.164 e. The maximum atomic E-state index is 10.3. The molecular formula is C17H25BrN6O. The predicted molar refractivity (Wildman–Crippen MR) is 100 cm³/mol. The number of hydrogen-bond acceptors (Lipinski definition) is 6. The third kappa shape index (κ3) is 3.39. The summed E-state index contributed by atoms with van der Waals surface area (Å²) in [5.41, 5.74) is 0.826. The molecule has 2 aromatic heterocycles. The van der Waals surface area contributed by atoms with Gasteiger partial charge in [-0.1, -0.05) is 12.8 Å². The zero-order valence-corrected chi connectivity index (χ0v) is 16.1. The van der Waals surface area contributed by atoms with Crippen LogP contribution < -0.4 is 5.32 Å². The molecule has 1 aliphatic carbocycles. The summed E-state index contributed by atoms with van der Waals surface area (Å²) in [5.74, 6) is 0.848. The van der Waals surface area contributed by atoms with E-state index in [-0.39, 0.29) is 6.10 Å². The molecule has 0 amide bonds. The number of halogens is 1. The van der Waals surface area contributed by atoms with Crippen molar-refractivity contribution >= 4 is 32.8 Å². The zero-order chi connectivity index (χ0) is 17.4. The van der Waals surface area contributed by atoms with Crippen molar-refractivity contribution in [3.8, 4) is 0 Å². The van der Waals surface area contributed by atoms with Crippen LogP contribution in [-0.4, -0.2) is 61.0 Å². The van der Waals surface area contributed by atoms with Gasteiger partial charge in [-0.25, -0.2) is 14.6 Å². The smallest absolute Gasteiger partial charge is 0.164 e. The number of likely N-dealkylation sites (tertiary alicyclic amines) is 1. The summed E-state index contributed by atoms with van der Waals surface area (Å²) in [7, 11) is 1.89. The Labute approximate surface area is 155 Å². The van der Waals surface area contributed by atoms with Gasteiger partial charge in [0.05, 0.1) is 11.5 Å². The monoisotopic (exact) mass is 408 g/mol. The van der Waals surface area contributed by atoms with E-state index >= 15 is 0 Å². The number of aromatic nitrogens is 4. The van der Waals surface area contributed by atoms with Gasteiger partial charge in [-0.15, -0.1) is 0 Å². The number of fused-ring (bicyclic) bond motifs is 1. The maximum absolute atomic E-state index is 10.3. The van der Waals surface area contributed by atoms with Crippen LogP contribution in [0.5, 0.6) is 0 Å². The first-order valence-corrected chi connectivity index (χ1v) is 9.94. The molecule has 4 rings (SSSR count). The van der Waals surface area contributed by atoms with Crippen molar-refractivity contribution in [2.45, 2.75) is 56.7 Å². The molecule has 1 saturated carbocycles. The molecular weight excluding hydrogens is 384 g/mol. The Bertz CT molecular complexity index is 742. The van der Waals surface area contributed by atoms with Gasteiger partial charge in [-0.2, -0.15) is 5.10 Å². The Hall–Kier alpha value is -1.25. The molecule has 2 atom stereocenters. The number of aliphatic hydroxyl groups is 1. The summed E-state index contributed by atoms with van der Waals surface area (Å²) in [6.07, 6.45) is 8.07. The lowest BCUT2D eigenvalue weighted by Gasteiger charge is -2.41. The molecule has 2 fully saturated rings. The summed E-state index contributed by atoms with van der Waals surface area (Å²) in [6, 6.07) is 0.745. The fraction of sp³-hybridized carbons (Fsp3) is 0.706. The van der Waals surface area contributed by atoms with E-state index in [1.807, 2.05) is 7.05 Å². The number of nitrogens with one attached hydrogen (secondary N) is 1. The molecule has 2 N–H and O–H groups in total. The molecule has 2 aliphatic rings. The van der Waals surface area contributed by atoms with Crippen LogP contribution in [0.3, 0.4) is 0 Å². The van der Waals surface area contributed by atoms with Crippen molar-refractivity contribution in [1.29, 1.82) is 0 Å². The van der Waals surface area contributed by atoms with Crippen molar-refractivity contribution in [2.24, 2.45) is 7.05 Å². The van der Waals surface area contributed by atoms with Gasteiger partial charge in [-0.3, -0.25) is 4.90 Å². The van der Waals surface area contributed by atoms with Crippen LogP contribution in [0.2, 0.25) is 0 Å². The quantitative estimate of drug-likeness (QED) is 0.810.